The van der Waals surface area contributed by atoms with Crippen molar-refractivity contribution in [2.75, 3.05) is 33.8 Å². The van der Waals surface area contributed by atoms with Crippen molar-refractivity contribution in [3.63, 3.8) is 0 Å². The number of carboxylic acids is 2. The molecular formula is C32H39N5O6. The first-order chi connectivity index (χ1) is 20.7. The SMILES string of the molecule is CN(C)Cc1c(OCC2CC2)ccc2c(CCC3CCN(Cc4cc(C#N)ccn4)CC3)noc12.O=C(O)C=CC(=O)O. The average molecular weight is 590 g/mol. The van der Waals surface area contributed by atoms with Crippen molar-refractivity contribution in [2.45, 2.75) is 51.6 Å². The molecule has 3 heterocycles. The van der Waals surface area contributed by atoms with Gasteiger partial charge in [-0.25, -0.2) is 9.59 Å². The van der Waals surface area contributed by atoms with Gasteiger partial charge in [0.1, 0.15) is 5.75 Å². The van der Waals surface area contributed by atoms with Crippen LogP contribution in [0.1, 0.15) is 54.6 Å². The van der Waals surface area contributed by atoms with Crippen molar-refractivity contribution >= 4 is 22.9 Å². The normalized spacial score (nSPS) is 15.8. The zero-order valence-corrected chi connectivity index (χ0v) is 24.7. The number of carbonyl (C=O) groups is 2. The Labute approximate surface area is 251 Å². The molecule has 2 aromatic heterocycles. The lowest BCUT2D eigenvalue weighted by Gasteiger charge is -2.31. The number of pyridine rings is 1. The lowest BCUT2D eigenvalue weighted by atomic mass is 9.91. The summed E-state index contributed by atoms with van der Waals surface area (Å²) in [6.07, 6.45) is 9.83. The zero-order chi connectivity index (χ0) is 30.8. The van der Waals surface area contributed by atoms with E-state index in [-0.39, 0.29) is 0 Å². The molecule has 3 aromatic rings. The molecule has 11 heteroatoms. The Hall–Kier alpha value is -4.27. The lowest BCUT2D eigenvalue weighted by Crippen LogP contribution is -2.33. The molecule has 1 saturated heterocycles. The van der Waals surface area contributed by atoms with Crippen LogP contribution in [0.4, 0.5) is 0 Å². The highest BCUT2D eigenvalue weighted by atomic mass is 16.5. The number of piperidine rings is 1. The Morgan fingerprint density at radius 2 is 1.84 bits per heavy atom. The van der Waals surface area contributed by atoms with Crippen LogP contribution in [-0.2, 0) is 29.1 Å². The second-order valence-electron chi connectivity index (χ2n) is 11.5. The summed E-state index contributed by atoms with van der Waals surface area (Å²) in [6.45, 7) is 4.52. The summed E-state index contributed by atoms with van der Waals surface area (Å²) >= 11 is 0. The number of fused-ring (bicyclic) bond motifs is 1. The van der Waals surface area contributed by atoms with E-state index in [2.05, 4.69) is 52.2 Å². The van der Waals surface area contributed by atoms with Crippen molar-refractivity contribution in [1.82, 2.24) is 19.9 Å². The van der Waals surface area contributed by atoms with Crippen molar-refractivity contribution in [3.05, 3.63) is 65.1 Å². The summed E-state index contributed by atoms with van der Waals surface area (Å²) in [5, 5.41) is 30.3. The van der Waals surface area contributed by atoms with E-state index >= 15 is 0 Å². The highest BCUT2D eigenvalue weighted by molar-refractivity contribution is 5.89. The molecule has 1 aliphatic heterocycles. The second kappa shape index (κ2) is 15.3. The average Bonchev–Trinajstić information content (AvgIpc) is 3.73. The van der Waals surface area contributed by atoms with Crippen molar-refractivity contribution in [1.29, 1.82) is 5.26 Å². The van der Waals surface area contributed by atoms with Gasteiger partial charge in [-0.15, -0.1) is 0 Å². The monoisotopic (exact) mass is 589 g/mol. The van der Waals surface area contributed by atoms with Gasteiger partial charge < -0.3 is 24.4 Å². The summed E-state index contributed by atoms with van der Waals surface area (Å²) in [5.41, 5.74) is 4.71. The van der Waals surface area contributed by atoms with Crippen LogP contribution in [0.15, 0.2) is 47.1 Å². The van der Waals surface area contributed by atoms with Crippen molar-refractivity contribution in [2.24, 2.45) is 11.8 Å². The number of rotatable bonds is 12. The van der Waals surface area contributed by atoms with Crippen LogP contribution in [0, 0.1) is 23.2 Å². The van der Waals surface area contributed by atoms with E-state index in [4.69, 9.17) is 24.7 Å². The fraction of sp³-hybridized carbons (Fsp3) is 0.469. The van der Waals surface area contributed by atoms with Gasteiger partial charge in [-0.05, 0) is 102 Å². The lowest BCUT2D eigenvalue weighted by molar-refractivity contribution is -0.134. The summed E-state index contributed by atoms with van der Waals surface area (Å²) in [5.74, 6) is -0.171. The van der Waals surface area contributed by atoms with E-state index in [0.29, 0.717) is 29.6 Å². The maximum Gasteiger partial charge on any atom is 0.328 e. The van der Waals surface area contributed by atoms with Gasteiger partial charge in [-0.2, -0.15) is 5.26 Å². The van der Waals surface area contributed by atoms with Crippen LogP contribution in [0.5, 0.6) is 5.75 Å². The Balaban J connectivity index is 0.000000467. The Bertz CT molecular complexity index is 1450. The van der Waals surface area contributed by atoms with Gasteiger partial charge in [0.2, 0.25) is 0 Å². The molecule has 2 fully saturated rings. The first kappa shape index (κ1) is 31.7. The van der Waals surface area contributed by atoms with Crippen LogP contribution in [0.2, 0.25) is 0 Å². The molecule has 1 saturated carbocycles. The number of aromatic nitrogens is 2. The second-order valence-corrected chi connectivity index (χ2v) is 11.5. The van der Waals surface area contributed by atoms with E-state index in [1.165, 1.54) is 25.7 Å². The van der Waals surface area contributed by atoms with Gasteiger partial charge in [-0.1, -0.05) is 5.16 Å². The first-order valence-electron chi connectivity index (χ1n) is 14.6. The number of likely N-dealkylation sites (tertiary alicyclic amines) is 1. The van der Waals surface area contributed by atoms with Crippen LogP contribution in [0.25, 0.3) is 11.0 Å². The molecule has 0 bridgehead atoms. The fourth-order valence-electron chi connectivity index (χ4n) is 5.14. The molecule has 228 valence electrons. The van der Waals surface area contributed by atoms with Gasteiger partial charge in [0.25, 0.3) is 0 Å². The molecular weight excluding hydrogens is 550 g/mol. The smallest absolute Gasteiger partial charge is 0.328 e. The van der Waals surface area contributed by atoms with E-state index in [9.17, 15) is 9.59 Å². The minimum Gasteiger partial charge on any atom is -0.493 e. The number of nitrogens with zero attached hydrogens (tertiary/aromatic N) is 5. The summed E-state index contributed by atoms with van der Waals surface area (Å²) in [7, 11) is 4.15. The third-order valence-corrected chi connectivity index (χ3v) is 7.62. The number of benzene rings is 1. The summed E-state index contributed by atoms with van der Waals surface area (Å²) in [4.78, 5) is 28.1. The maximum absolute atomic E-state index is 9.55. The predicted molar refractivity (Wildman–Crippen MR) is 159 cm³/mol. The Morgan fingerprint density at radius 3 is 2.47 bits per heavy atom. The van der Waals surface area contributed by atoms with E-state index in [1.807, 2.05) is 6.07 Å². The van der Waals surface area contributed by atoms with Crippen molar-refractivity contribution < 1.29 is 29.1 Å². The third kappa shape index (κ3) is 9.91. The minimum atomic E-state index is -1.26. The first-order valence-corrected chi connectivity index (χ1v) is 14.6. The van der Waals surface area contributed by atoms with Gasteiger partial charge in [0.05, 0.1) is 35.2 Å². The zero-order valence-electron chi connectivity index (χ0n) is 24.7. The number of aliphatic carboxylic acids is 2. The highest BCUT2D eigenvalue weighted by Crippen LogP contribution is 2.35. The molecule has 11 nitrogen and oxygen atoms in total. The number of aryl methyl sites for hydroxylation is 1. The molecule has 5 rings (SSSR count). The molecule has 2 N–H and O–H groups in total. The molecule has 1 aromatic carbocycles. The molecule has 1 aliphatic carbocycles. The number of hydrogen-bond donors (Lipinski definition) is 2. The van der Waals surface area contributed by atoms with Gasteiger partial charge >= 0.3 is 11.9 Å². The molecule has 0 radical (unpaired) electrons. The Kier molecular flexibility index (Phi) is 11.2. The largest absolute Gasteiger partial charge is 0.493 e. The van der Waals surface area contributed by atoms with E-state index in [1.54, 1.807) is 12.3 Å². The quantitative estimate of drug-likeness (QED) is 0.287. The molecule has 0 atom stereocenters. The van der Waals surface area contributed by atoms with Crippen LogP contribution < -0.4 is 4.74 Å². The van der Waals surface area contributed by atoms with E-state index < -0.39 is 11.9 Å². The number of hydrogen-bond acceptors (Lipinski definition) is 9. The highest BCUT2D eigenvalue weighted by Gasteiger charge is 2.25. The van der Waals surface area contributed by atoms with Crippen LogP contribution >= 0.6 is 0 Å². The molecule has 43 heavy (non-hydrogen) atoms. The van der Waals surface area contributed by atoms with Crippen LogP contribution in [-0.4, -0.2) is 75.9 Å². The maximum atomic E-state index is 9.55. The standard InChI is InChI=1S/C28H35N5O2.C4H4O4/c1-32(2)18-25-27(34-19-21-3-4-21)8-6-24-26(31-35-28(24)25)7-5-20-10-13-33(14-11-20)17-23-15-22(16-29)9-12-30-23;5-3(6)1-2-4(7)8/h6,8-9,12,15,20-21H,3-5,7,10-11,13-14,17-19H2,1-2H3;1-2H,(H,5,6)(H,7,8). The number of carboxylic acid groups (broad SMARTS) is 2. The van der Waals surface area contributed by atoms with Gasteiger partial charge in [0.15, 0.2) is 5.58 Å². The van der Waals surface area contributed by atoms with E-state index in [0.717, 1.165) is 79.3 Å². The predicted octanol–water partition coefficient (Wildman–Crippen LogP) is 4.50. The Morgan fingerprint density at radius 1 is 1.12 bits per heavy atom. The molecule has 0 spiro atoms. The van der Waals surface area contributed by atoms with Crippen molar-refractivity contribution in [3.8, 4) is 11.8 Å². The van der Waals surface area contributed by atoms with Gasteiger partial charge in [-0.3, -0.25) is 9.88 Å². The molecule has 0 unspecified atom stereocenters. The van der Waals surface area contributed by atoms with Crippen LogP contribution in [0.3, 0.4) is 0 Å². The summed E-state index contributed by atoms with van der Waals surface area (Å²) < 4.78 is 12.1. The number of ether oxygens (including phenoxy) is 1. The molecule has 2 aliphatic rings. The topological polar surface area (TPSA) is 153 Å². The number of nitriles is 1. The minimum absolute atomic E-state index is 0.558. The summed E-state index contributed by atoms with van der Waals surface area (Å²) in [6, 6.07) is 10.1. The fourth-order valence-corrected chi connectivity index (χ4v) is 5.14. The van der Waals surface area contributed by atoms with Gasteiger partial charge in [0, 0.05) is 36.8 Å². The third-order valence-electron chi connectivity index (χ3n) is 7.62. The molecule has 0 amide bonds.